The first-order chi connectivity index (χ1) is 18.0. The molecule has 224 valence electrons. The summed E-state index contributed by atoms with van der Waals surface area (Å²) in [6.07, 6.45) is -11.6. The average molecular weight is 601 g/mol. The fraction of sp³-hybridized carbons (Fsp3) is 0.462. The van der Waals surface area contributed by atoms with Gasteiger partial charge in [0, 0.05) is 23.0 Å². The van der Waals surface area contributed by atoms with Crippen LogP contribution >= 0.6 is 0 Å². The number of rotatable bonds is 7. The summed E-state index contributed by atoms with van der Waals surface area (Å²) in [7, 11) is -3.49. The summed E-state index contributed by atoms with van der Waals surface area (Å²) in [5, 5.41) is 4.85. The van der Waals surface area contributed by atoms with E-state index in [1.807, 2.05) is 13.8 Å². The molecule has 0 saturated heterocycles. The fourth-order valence-electron chi connectivity index (χ4n) is 3.92. The van der Waals surface area contributed by atoms with Crippen LogP contribution < -0.4 is 10.6 Å². The first kappa shape index (κ1) is 34.9. The number of anilines is 1. The van der Waals surface area contributed by atoms with Crippen LogP contribution in [0.15, 0.2) is 36.4 Å². The van der Waals surface area contributed by atoms with Crippen molar-refractivity contribution in [1.82, 2.24) is 5.32 Å². The van der Waals surface area contributed by atoms with Gasteiger partial charge in [-0.3, -0.25) is 9.59 Å². The molecule has 2 amide bonds. The minimum absolute atomic E-state index is 0.127. The van der Waals surface area contributed by atoms with Crippen LogP contribution in [0.5, 0.6) is 0 Å². The Balaban J connectivity index is 0.00000391. The molecule has 0 aliphatic carbocycles. The monoisotopic (exact) mass is 600 g/mol. The van der Waals surface area contributed by atoms with Crippen molar-refractivity contribution in [3.05, 3.63) is 64.2 Å². The van der Waals surface area contributed by atoms with Crippen LogP contribution in [0.1, 0.15) is 65.1 Å². The molecule has 0 aromatic heterocycles. The molecular weight excluding hydrogens is 569 g/mol. The molecule has 0 fully saturated rings. The van der Waals surface area contributed by atoms with E-state index in [2.05, 4.69) is 10.6 Å². The van der Waals surface area contributed by atoms with Crippen LogP contribution in [0.2, 0.25) is 0 Å². The lowest BCUT2D eigenvalue weighted by molar-refractivity contribution is -0.348. The van der Waals surface area contributed by atoms with Crippen LogP contribution in [0.3, 0.4) is 0 Å². The van der Waals surface area contributed by atoms with Gasteiger partial charge in [-0.1, -0.05) is 38.1 Å². The Bertz CT molecular complexity index is 1340. The molecule has 2 N–H and O–H groups in total. The lowest BCUT2D eigenvalue weighted by atomic mass is 9.92. The Hall–Kier alpha value is -3.16. The number of hydrogen-bond donors (Lipinski definition) is 2. The second kappa shape index (κ2) is 12.1. The molecule has 0 saturated carbocycles. The van der Waals surface area contributed by atoms with Gasteiger partial charge in [-0.15, -0.1) is 0 Å². The maximum atomic E-state index is 14.4. The lowest BCUT2D eigenvalue weighted by Gasteiger charge is -2.30. The van der Waals surface area contributed by atoms with Crippen molar-refractivity contribution in [2.45, 2.75) is 65.1 Å². The summed E-state index contributed by atoms with van der Waals surface area (Å²) in [6.45, 7) is 9.50. The third-order valence-electron chi connectivity index (χ3n) is 5.47. The standard InChI is InChI=1S/C24H25F7N2O4S.C2H6/c1-13-7-6-8-16(18(13)20(35)33-21(3,4)12-38(5,36)37)19(34)32-17-10-9-15(11-14(17)2)22(25,23(26,27)28)24(29,30)31;1-2/h6-11H,12H2,1-5H3,(H,32,34)(H,33,35);1-2H3. The summed E-state index contributed by atoms with van der Waals surface area (Å²) >= 11 is 0. The van der Waals surface area contributed by atoms with Crippen LogP contribution in [0, 0.1) is 13.8 Å². The third kappa shape index (κ3) is 7.95. The van der Waals surface area contributed by atoms with Crippen molar-refractivity contribution in [2.24, 2.45) is 0 Å². The molecule has 0 spiro atoms. The minimum Gasteiger partial charge on any atom is -0.346 e. The van der Waals surface area contributed by atoms with Gasteiger partial charge in [-0.05, 0) is 51.0 Å². The van der Waals surface area contributed by atoms with E-state index in [0.29, 0.717) is 17.7 Å². The summed E-state index contributed by atoms with van der Waals surface area (Å²) in [5.41, 5.74) is -9.09. The quantitative estimate of drug-likeness (QED) is 0.359. The van der Waals surface area contributed by atoms with Gasteiger partial charge < -0.3 is 10.6 Å². The molecule has 0 aliphatic rings. The van der Waals surface area contributed by atoms with Crippen LogP contribution in [-0.2, 0) is 15.5 Å². The Morgan fingerprint density at radius 2 is 1.35 bits per heavy atom. The van der Waals surface area contributed by atoms with E-state index in [1.54, 1.807) is 0 Å². The first-order valence-corrected chi connectivity index (χ1v) is 13.9. The molecule has 40 heavy (non-hydrogen) atoms. The van der Waals surface area contributed by atoms with Gasteiger partial charge in [-0.2, -0.15) is 26.3 Å². The Morgan fingerprint density at radius 3 is 1.80 bits per heavy atom. The third-order valence-corrected chi connectivity index (χ3v) is 6.72. The van der Waals surface area contributed by atoms with Crippen LogP contribution in [0.4, 0.5) is 36.4 Å². The zero-order valence-corrected chi connectivity index (χ0v) is 23.7. The second-order valence-corrected chi connectivity index (χ2v) is 11.7. The predicted molar refractivity (Wildman–Crippen MR) is 138 cm³/mol. The van der Waals surface area contributed by atoms with E-state index in [9.17, 15) is 48.7 Å². The summed E-state index contributed by atoms with van der Waals surface area (Å²) in [5.74, 6) is -2.13. The highest BCUT2D eigenvalue weighted by Gasteiger charge is 2.73. The number of nitrogens with one attached hydrogen (secondary N) is 2. The fourth-order valence-corrected chi connectivity index (χ4v) is 5.30. The molecule has 0 atom stereocenters. The predicted octanol–water partition coefficient (Wildman–Crippen LogP) is 6.42. The number of benzene rings is 2. The highest BCUT2D eigenvalue weighted by molar-refractivity contribution is 7.90. The van der Waals surface area contributed by atoms with E-state index in [-0.39, 0.29) is 28.4 Å². The number of carbonyl (C=O) groups excluding carboxylic acids is 2. The zero-order chi connectivity index (χ0) is 31.5. The van der Waals surface area contributed by atoms with Crippen LogP contribution in [0.25, 0.3) is 0 Å². The molecule has 2 aromatic carbocycles. The number of sulfone groups is 1. The zero-order valence-electron chi connectivity index (χ0n) is 22.9. The van der Waals surface area contributed by atoms with E-state index in [0.717, 1.165) is 13.2 Å². The van der Waals surface area contributed by atoms with Gasteiger partial charge >= 0.3 is 18.0 Å². The van der Waals surface area contributed by atoms with Crippen molar-refractivity contribution in [3.63, 3.8) is 0 Å². The number of halogens is 7. The van der Waals surface area contributed by atoms with Crippen molar-refractivity contribution < 1.29 is 48.7 Å². The van der Waals surface area contributed by atoms with E-state index in [4.69, 9.17) is 0 Å². The number of alkyl halides is 7. The largest absolute Gasteiger partial charge is 0.435 e. The Morgan fingerprint density at radius 1 is 0.825 bits per heavy atom. The van der Waals surface area contributed by atoms with Gasteiger partial charge in [-0.25, -0.2) is 12.8 Å². The number of aryl methyl sites for hydroxylation is 2. The Kier molecular flexibility index (Phi) is 10.6. The molecular formula is C26H31F7N2O4S. The topological polar surface area (TPSA) is 92.3 Å². The molecule has 6 nitrogen and oxygen atoms in total. The van der Waals surface area contributed by atoms with E-state index in [1.165, 1.54) is 39.0 Å². The Labute approximate surface area is 228 Å². The number of amides is 2. The molecule has 0 unspecified atom stereocenters. The van der Waals surface area contributed by atoms with Crippen molar-refractivity contribution in [3.8, 4) is 0 Å². The molecule has 14 heteroatoms. The minimum atomic E-state index is -6.29. The van der Waals surface area contributed by atoms with Gasteiger partial charge in [0.05, 0.1) is 16.9 Å². The van der Waals surface area contributed by atoms with Gasteiger partial charge in [0.2, 0.25) is 0 Å². The van der Waals surface area contributed by atoms with Gasteiger partial charge in [0.15, 0.2) is 0 Å². The smallest absolute Gasteiger partial charge is 0.346 e. The maximum Gasteiger partial charge on any atom is 0.435 e. The van der Waals surface area contributed by atoms with E-state index >= 15 is 0 Å². The number of carbonyl (C=O) groups is 2. The van der Waals surface area contributed by atoms with Crippen molar-refractivity contribution in [2.75, 3.05) is 17.3 Å². The second-order valence-electron chi connectivity index (χ2n) is 9.54. The normalized spacial score (nSPS) is 12.8. The van der Waals surface area contributed by atoms with Crippen molar-refractivity contribution in [1.29, 1.82) is 0 Å². The number of hydrogen-bond acceptors (Lipinski definition) is 4. The van der Waals surface area contributed by atoms with Crippen molar-refractivity contribution >= 4 is 27.3 Å². The summed E-state index contributed by atoms with van der Waals surface area (Å²) in [4.78, 5) is 26.0. The first-order valence-electron chi connectivity index (χ1n) is 11.8. The molecule has 2 rings (SSSR count). The molecule has 0 aliphatic heterocycles. The van der Waals surface area contributed by atoms with Gasteiger partial charge in [0.1, 0.15) is 9.84 Å². The molecule has 0 heterocycles. The summed E-state index contributed by atoms with van der Waals surface area (Å²) in [6, 6.07) is 5.48. The molecule has 0 radical (unpaired) electrons. The molecule has 0 bridgehead atoms. The van der Waals surface area contributed by atoms with Gasteiger partial charge in [0.25, 0.3) is 11.8 Å². The highest BCUT2D eigenvalue weighted by Crippen LogP contribution is 2.53. The average Bonchev–Trinajstić information content (AvgIpc) is 2.77. The lowest BCUT2D eigenvalue weighted by Crippen LogP contribution is -2.50. The van der Waals surface area contributed by atoms with Crippen LogP contribution in [-0.4, -0.2) is 50.1 Å². The van der Waals surface area contributed by atoms with E-state index < -0.39 is 56.5 Å². The summed E-state index contributed by atoms with van der Waals surface area (Å²) < 4.78 is 116. The highest BCUT2D eigenvalue weighted by atomic mass is 32.2. The molecule has 2 aromatic rings. The SMILES string of the molecule is CC.Cc1cc(C(F)(C(F)(F)F)C(F)(F)F)ccc1NC(=O)c1cccc(C)c1C(=O)NC(C)(C)CS(C)(=O)=O. The maximum absolute atomic E-state index is 14.4.